The number of ketones is 1. The number of hydrogen-bond acceptors (Lipinski definition) is 7. The molecule has 8 nitrogen and oxygen atoms in total. The van der Waals surface area contributed by atoms with Crippen molar-refractivity contribution in [2.75, 3.05) is 14.2 Å². The van der Waals surface area contributed by atoms with Gasteiger partial charge in [0.1, 0.15) is 22.3 Å². The average Bonchev–Trinajstić information content (AvgIpc) is 3.41. The Balaban J connectivity index is 1.96. The summed E-state index contributed by atoms with van der Waals surface area (Å²) < 4.78 is 15.9. The Morgan fingerprint density at radius 1 is 1.09 bits per heavy atom. The molecule has 2 aromatic carbocycles. The SMILES string of the molecule is COc1c(Cl)cc(/C(O)=C2\C(=O)C(=O)N(Cc3ccco3)C2c2cccc(O)c2)c(OC)c1Cl. The highest BCUT2D eigenvalue weighted by Gasteiger charge is 2.47. The van der Waals surface area contributed by atoms with Crippen LogP contribution in [0.5, 0.6) is 17.2 Å². The van der Waals surface area contributed by atoms with E-state index in [1.54, 1.807) is 24.3 Å². The van der Waals surface area contributed by atoms with Gasteiger partial charge < -0.3 is 29.0 Å². The number of amides is 1. The molecule has 1 atom stereocenters. The molecule has 0 saturated carbocycles. The number of benzene rings is 2. The second-order valence-electron chi connectivity index (χ2n) is 7.39. The highest BCUT2D eigenvalue weighted by atomic mass is 35.5. The minimum Gasteiger partial charge on any atom is -0.508 e. The van der Waals surface area contributed by atoms with Crippen molar-refractivity contribution in [2.24, 2.45) is 0 Å². The molecule has 34 heavy (non-hydrogen) atoms. The van der Waals surface area contributed by atoms with Crippen LogP contribution in [0.1, 0.15) is 22.9 Å². The predicted octanol–water partition coefficient (Wildman–Crippen LogP) is 4.93. The monoisotopic (exact) mass is 503 g/mol. The van der Waals surface area contributed by atoms with Gasteiger partial charge in [-0.2, -0.15) is 0 Å². The second kappa shape index (κ2) is 9.32. The van der Waals surface area contributed by atoms with Gasteiger partial charge in [0.2, 0.25) is 0 Å². The molecule has 1 fully saturated rings. The first-order valence-corrected chi connectivity index (χ1v) is 10.7. The van der Waals surface area contributed by atoms with Crippen LogP contribution in [0.25, 0.3) is 5.76 Å². The number of aliphatic hydroxyl groups excluding tert-OH is 1. The van der Waals surface area contributed by atoms with E-state index >= 15 is 0 Å². The van der Waals surface area contributed by atoms with E-state index in [1.807, 2.05) is 0 Å². The standard InChI is InChI=1S/C24H19Cl2NO7/c1-32-22-15(10-16(25)23(33-2)18(22)26)20(29)17-19(12-5-3-6-13(28)9-12)27(24(31)21(17)30)11-14-7-4-8-34-14/h3-10,19,28-29H,11H2,1-2H3/b20-17+. The summed E-state index contributed by atoms with van der Waals surface area (Å²) in [5, 5.41) is 21.4. The first-order chi connectivity index (χ1) is 16.3. The number of Topliss-reactive ketones (excluding diaryl/α,β-unsaturated/α-hetero) is 1. The number of aromatic hydroxyl groups is 1. The van der Waals surface area contributed by atoms with Crippen LogP contribution >= 0.6 is 23.2 Å². The maximum absolute atomic E-state index is 13.2. The molecule has 0 bridgehead atoms. The van der Waals surface area contributed by atoms with Gasteiger partial charge in [0, 0.05) is 0 Å². The zero-order valence-corrected chi connectivity index (χ0v) is 19.6. The zero-order chi connectivity index (χ0) is 24.6. The molecule has 2 heterocycles. The summed E-state index contributed by atoms with van der Waals surface area (Å²) in [5.74, 6) is -1.84. The number of methoxy groups -OCH3 is 2. The number of carbonyl (C=O) groups is 2. The molecule has 10 heteroatoms. The Morgan fingerprint density at radius 3 is 2.44 bits per heavy atom. The number of halogens is 2. The summed E-state index contributed by atoms with van der Waals surface area (Å²) in [5.41, 5.74) is 0.175. The van der Waals surface area contributed by atoms with E-state index in [9.17, 15) is 19.8 Å². The molecule has 1 aliphatic heterocycles. The van der Waals surface area contributed by atoms with Crippen molar-refractivity contribution in [1.82, 2.24) is 4.90 Å². The van der Waals surface area contributed by atoms with Crippen molar-refractivity contribution in [3.63, 3.8) is 0 Å². The maximum Gasteiger partial charge on any atom is 0.296 e. The van der Waals surface area contributed by atoms with Crippen molar-refractivity contribution < 1.29 is 33.7 Å². The highest BCUT2D eigenvalue weighted by Crippen LogP contribution is 2.47. The van der Waals surface area contributed by atoms with Crippen LogP contribution in [0.2, 0.25) is 10.0 Å². The molecule has 3 aromatic rings. The number of phenolic OH excluding ortho intramolecular Hbond substituents is 1. The number of phenols is 1. The third-order valence-corrected chi connectivity index (χ3v) is 6.05. The van der Waals surface area contributed by atoms with Gasteiger partial charge in [-0.1, -0.05) is 35.3 Å². The number of likely N-dealkylation sites (tertiary alicyclic amines) is 1. The fourth-order valence-corrected chi connectivity index (χ4v) is 4.63. The van der Waals surface area contributed by atoms with E-state index in [1.165, 1.54) is 43.6 Å². The van der Waals surface area contributed by atoms with Crippen LogP contribution in [0, 0.1) is 0 Å². The molecule has 0 radical (unpaired) electrons. The second-order valence-corrected chi connectivity index (χ2v) is 8.17. The summed E-state index contributed by atoms with van der Waals surface area (Å²) in [7, 11) is 2.70. The molecule has 4 rings (SSSR count). The molecule has 1 unspecified atom stereocenters. The van der Waals surface area contributed by atoms with Gasteiger partial charge in [0.15, 0.2) is 11.5 Å². The number of furan rings is 1. The van der Waals surface area contributed by atoms with Crippen LogP contribution in [0.15, 0.2) is 58.7 Å². The topological polar surface area (TPSA) is 109 Å². The maximum atomic E-state index is 13.2. The van der Waals surface area contributed by atoms with Crippen LogP contribution in [-0.2, 0) is 16.1 Å². The van der Waals surface area contributed by atoms with E-state index in [2.05, 4.69) is 0 Å². The first-order valence-electron chi connectivity index (χ1n) is 9.98. The highest BCUT2D eigenvalue weighted by molar-refractivity contribution is 6.47. The smallest absolute Gasteiger partial charge is 0.296 e. The van der Waals surface area contributed by atoms with Gasteiger partial charge >= 0.3 is 0 Å². The first kappa shape index (κ1) is 23.5. The van der Waals surface area contributed by atoms with Gasteiger partial charge in [-0.05, 0) is 35.9 Å². The Kier molecular flexibility index (Phi) is 6.45. The lowest BCUT2D eigenvalue weighted by Crippen LogP contribution is -2.29. The van der Waals surface area contributed by atoms with E-state index in [0.717, 1.165) is 0 Å². The molecule has 176 valence electrons. The largest absolute Gasteiger partial charge is 0.508 e. The Morgan fingerprint density at radius 2 is 1.82 bits per heavy atom. The number of rotatable bonds is 6. The number of hydrogen-bond donors (Lipinski definition) is 2. The lowest BCUT2D eigenvalue weighted by atomic mass is 9.94. The van der Waals surface area contributed by atoms with Gasteiger partial charge in [-0.25, -0.2) is 0 Å². The molecule has 1 aromatic heterocycles. The third-order valence-electron chi connectivity index (χ3n) is 5.43. The lowest BCUT2D eigenvalue weighted by molar-refractivity contribution is -0.140. The number of aliphatic hydroxyl groups is 1. The third kappa shape index (κ3) is 3.95. The summed E-state index contributed by atoms with van der Waals surface area (Å²) >= 11 is 12.6. The number of carbonyl (C=O) groups excluding carboxylic acids is 2. The van der Waals surface area contributed by atoms with Crippen LogP contribution in [0.4, 0.5) is 0 Å². The zero-order valence-electron chi connectivity index (χ0n) is 18.0. The van der Waals surface area contributed by atoms with Gasteiger partial charge in [-0.15, -0.1) is 0 Å². The number of ether oxygens (including phenoxy) is 2. The van der Waals surface area contributed by atoms with Gasteiger partial charge in [-0.3, -0.25) is 9.59 Å². The fraction of sp³-hybridized carbons (Fsp3) is 0.167. The minimum atomic E-state index is -1.04. The summed E-state index contributed by atoms with van der Waals surface area (Å²) in [6.07, 6.45) is 1.45. The van der Waals surface area contributed by atoms with Gasteiger partial charge in [0.25, 0.3) is 11.7 Å². The molecule has 2 N–H and O–H groups in total. The minimum absolute atomic E-state index is 0.000508. The van der Waals surface area contributed by atoms with Crippen LogP contribution < -0.4 is 9.47 Å². The molecule has 0 aliphatic carbocycles. The summed E-state index contributed by atoms with van der Waals surface area (Å²) in [6, 6.07) is 9.66. The van der Waals surface area contributed by atoms with Crippen molar-refractivity contribution >= 4 is 40.7 Å². The van der Waals surface area contributed by atoms with Crippen molar-refractivity contribution in [2.45, 2.75) is 12.6 Å². The van der Waals surface area contributed by atoms with E-state index in [-0.39, 0.29) is 45.0 Å². The van der Waals surface area contributed by atoms with E-state index in [4.69, 9.17) is 37.1 Å². The Hall–Kier alpha value is -3.62. The lowest BCUT2D eigenvalue weighted by Gasteiger charge is -2.25. The molecular formula is C24H19Cl2NO7. The van der Waals surface area contributed by atoms with E-state index in [0.29, 0.717) is 11.3 Å². The quantitative estimate of drug-likeness (QED) is 0.278. The number of nitrogens with zero attached hydrogens (tertiary/aromatic N) is 1. The Labute approximate surface area is 204 Å². The predicted molar refractivity (Wildman–Crippen MR) is 124 cm³/mol. The van der Waals surface area contributed by atoms with Crippen LogP contribution in [-0.4, -0.2) is 41.0 Å². The van der Waals surface area contributed by atoms with Crippen molar-refractivity contribution in [3.8, 4) is 17.2 Å². The molecular weight excluding hydrogens is 485 g/mol. The summed E-state index contributed by atoms with van der Waals surface area (Å²) in [6.45, 7) is -0.0457. The van der Waals surface area contributed by atoms with E-state index < -0.39 is 23.5 Å². The fourth-order valence-electron chi connectivity index (χ4n) is 3.95. The Bertz CT molecular complexity index is 1300. The van der Waals surface area contributed by atoms with Crippen molar-refractivity contribution in [1.29, 1.82) is 0 Å². The normalized spacial score (nSPS) is 17.3. The van der Waals surface area contributed by atoms with Gasteiger partial charge in [0.05, 0.1) is 49.2 Å². The average molecular weight is 504 g/mol. The summed E-state index contributed by atoms with van der Waals surface area (Å²) in [4.78, 5) is 27.5. The molecule has 1 amide bonds. The van der Waals surface area contributed by atoms with Crippen molar-refractivity contribution in [3.05, 3.63) is 81.2 Å². The van der Waals surface area contributed by atoms with Crippen LogP contribution in [0.3, 0.4) is 0 Å². The molecule has 0 spiro atoms. The molecule has 1 saturated heterocycles. The molecule has 1 aliphatic rings.